The summed E-state index contributed by atoms with van der Waals surface area (Å²) in [6.07, 6.45) is -1.90. The molecule has 5 nitrogen and oxygen atoms in total. The summed E-state index contributed by atoms with van der Waals surface area (Å²) in [6.45, 7) is 0.572. The fourth-order valence-corrected chi connectivity index (χ4v) is 2.32. The molecule has 2 aromatic rings. The number of amides is 1. The maximum absolute atomic E-state index is 12.4. The molecule has 126 valence electrons. The SMILES string of the molecule is O=C(c1ccccc1OC(F)(F)F)N1CC(Oc2cccnc2)C1. The predicted molar refractivity (Wildman–Crippen MR) is 77.7 cm³/mol. The van der Waals surface area contributed by atoms with Crippen LogP contribution >= 0.6 is 0 Å². The van der Waals surface area contributed by atoms with Crippen molar-refractivity contribution in [2.75, 3.05) is 13.1 Å². The summed E-state index contributed by atoms with van der Waals surface area (Å²) in [7, 11) is 0. The Hall–Kier alpha value is -2.77. The third-order valence-electron chi connectivity index (χ3n) is 3.42. The Kier molecular flexibility index (Phi) is 4.28. The number of nitrogens with zero attached hydrogens (tertiary/aromatic N) is 2. The highest BCUT2D eigenvalue weighted by atomic mass is 19.4. The average Bonchev–Trinajstić information content (AvgIpc) is 2.50. The molecule has 0 aliphatic carbocycles. The monoisotopic (exact) mass is 338 g/mol. The van der Waals surface area contributed by atoms with Crippen LogP contribution in [0.4, 0.5) is 13.2 Å². The van der Waals surface area contributed by atoms with Gasteiger partial charge >= 0.3 is 6.36 Å². The van der Waals surface area contributed by atoms with Crippen LogP contribution in [-0.2, 0) is 0 Å². The lowest BCUT2D eigenvalue weighted by Gasteiger charge is -2.39. The highest BCUT2D eigenvalue weighted by Crippen LogP contribution is 2.28. The quantitative estimate of drug-likeness (QED) is 0.860. The van der Waals surface area contributed by atoms with Crippen molar-refractivity contribution in [3.05, 3.63) is 54.4 Å². The number of halogens is 3. The molecule has 0 saturated carbocycles. The Labute approximate surface area is 135 Å². The molecule has 0 radical (unpaired) electrons. The number of carbonyl (C=O) groups excluding carboxylic acids is 1. The summed E-state index contributed by atoms with van der Waals surface area (Å²) in [4.78, 5) is 17.7. The van der Waals surface area contributed by atoms with Gasteiger partial charge in [0.2, 0.25) is 0 Å². The van der Waals surface area contributed by atoms with E-state index in [-0.39, 0.29) is 24.8 Å². The molecule has 2 heterocycles. The fraction of sp³-hybridized carbons (Fsp3) is 0.250. The first-order valence-electron chi connectivity index (χ1n) is 7.13. The van der Waals surface area contributed by atoms with Gasteiger partial charge in [0.15, 0.2) is 0 Å². The van der Waals surface area contributed by atoms with Gasteiger partial charge in [0, 0.05) is 6.20 Å². The van der Waals surface area contributed by atoms with Gasteiger partial charge in [-0.1, -0.05) is 12.1 Å². The van der Waals surface area contributed by atoms with E-state index in [0.717, 1.165) is 6.07 Å². The van der Waals surface area contributed by atoms with E-state index in [2.05, 4.69) is 9.72 Å². The number of para-hydroxylation sites is 1. The summed E-state index contributed by atoms with van der Waals surface area (Å²) in [5.74, 6) is -0.456. The molecule has 1 aliphatic rings. The van der Waals surface area contributed by atoms with Gasteiger partial charge in [-0.15, -0.1) is 13.2 Å². The molecular formula is C16H13F3N2O3. The van der Waals surface area contributed by atoms with E-state index in [0.29, 0.717) is 5.75 Å². The van der Waals surface area contributed by atoms with Crippen molar-refractivity contribution in [1.29, 1.82) is 0 Å². The molecule has 1 aliphatic heterocycles. The number of aromatic nitrogens is 1. The molecule has 0 atom stereocenters. The van der Waals surface area contributed by atoms with Gasteiger partial charge in [0.1, 0.15) is 17.6 Å². The molecule has 1 aromatic carbocycles. The van der Waals surface area contributed by atoms with E-state index >= 15 is 0 Å². The maximum Gasteiger partial charge on any atom is 0.573 e. The minimum atomic E-state index is -4.85. The van der Waals surface area contributed by atoms with Crippen LogP contribution in [0.3, 0.4) is 0 Å². The maximum atomic E-state index is 12.4. The van der Waals surface area contributed by atoms with Gasteiger partial charge < -0.3 is 14.4 Å². The van der Waals surface area contributed by atoms with E-state index in [1.165, 1.54) is 23.1 Å². The molecule has 0 N–H and O–H groups in total. The first-order chi connectivity index (χ1) is 11.4. The van der Waals surface area contributed by atoms with E-state index in [9.17, 15) is 18.0 Å². The van der Waals surface area contributed by atoms with E-state index < -0.39 is 18.0 Å². The number of carbonyl (C=O) groups is 1. The van der Waals surface area contributed by atoms with Crippen LogP contribution in [0, 0.1) is 0 Å². The standard InChI is InChI=1S/C16H13F3N2O3/c17-16(18,19)24-14-6-2-1-5-13(14)15(22)21-9-12(10-21)23-11-4-3-7-20-8-11/h1-8,12H,9-10H2. The summed E-state index contributed by atoms with van der Waals surface area (Å²) in [5, 5.41) is 0. The highest BCUT2D eigenvalue weighted by Gasteiger charge is 2.36. The second-order valence-corrected chi connectivity index (χ2v) is 5.18. The molecule has 1 saturated heterocycles. The number of hydrogen-bond acceptors (Lipinski definition) is 4. The lowest BCUT2D eigenvalue weighted by atomic mass is 10.1. The van der Waals surface area contributed by atoms with Gasteiger partial charge in [0.05, 0.1) is 24.8 Å². The first-order valence-corrected chi connectivity index (χ1v) is 7.13. The number of likely N-dealkylation sites (tertiary alicyclic amines) is 1. The molecule has 1 fully saturated rings. The van der Waals surface area contributed by atoms with Gasteiger partial charge in [-0.25, -0.2) is 0 Å². The second-order valence-electron chi connectivity index (χ2n) is 5.18. The topological polar surface area (TPSA) is 51.7 Å². The molecule has 0 spiro atoms. The van der Waals surface area contributed by atoms with E-state index in [4.69, 9.17) is 4.74 Å². The average molecular weight is 338 g/mol. The van der Waals surface area contributed by atoms with E-state index in [1.807, 2.05) is 0 Å². The zero-order chi connectivity index (χ0) is 17.2. The van der Waals surface area contributed by atoms with Crippen LogP contribution in [0.25, 0.3) is 0 Å². The molecule has 1 amide bonds. The smallest absolute Gasteiger partial charge is 0.485 e. The molecule has 0 bridgehead atoms. The Morgan fingerprint density at radius 1 is 1.17 bits per heavy atom. The summed E-state index contributed by atoms with van der Waals surface area (Å²) >= 11 is 0. The van der Waals surface area contributed by atoms with Gasteiger partial charge in [0.25, 0.3) is 5.91 Å². The number of benzene rings is 1. The molecular weight excluding hydrogens is 325 g/mol. The van der Waals surface area contributed by atoms with Gasteiger partial charge in [-0.3, -0.25) is 9.78 Å². The number of rotatable bonds is 4. The number of pyridine rings is 1. The number of ether oxygens (including phenoxy) is 2. The molecule has 24 heavy (non-hydrogen) atoms. The first kappa shape index (κ1) is 16.1. The van der Waals surface area contributed by atoms with E-state index in [1.54, 1.807) is 24.5 Å². The Morgan fingerprint density at radius 3 is 2.58 bits per heavy atom. The van der Waals surface area contributed by atoms with Crippen LogP contribution in [0.5, 0.6) is 11.5 Å². The van der Waals surface area contributed by atoms with Gasteiger partial charge in [-0.05, 0) is 24.3 Å². The minimum Gasteiger partial charge on any atom is -0.485 e. The Balaban J connectivity index is 1.63. The third kappa shape index (κ3) is 3.76. The lowest BCUT2D eigenvalue weighted by Crippen LogP contribution is -2.56. The van der Waals surface area contributed by atoms with Crippen LogP contribution < -0.4 is 9.47 Å². The summed E-state index contributed by atoms with van der Waals surface area (Å²) in [5.41, 5.74) is -0.130. The van der Waals surface area contributed by atoms with Crippen LogP contribution in [0.15, 0.2) is 48.8 Å². The van der Waals surface area contributed by atoms with Crippen molar-refractivity contribution in [2.24, 2.45) is 0 Å². The normalized spacial score (nSPS) is 14.9. The van der Waals surface area contributed by atoms with Crippen molar-refractivity contribution in [2.45, 2.75) is 12.5 Å². The number of hydrogen-bond donors (Lipinski definition) is 0. The van der Waals surface area contributed by atoms with Crippen LogP contribution in [0.1, 0.15) is 10.4 Å². The lowest BCUT2D eigenvalue weighted by molar-refractivity contribution is -0.274. The number of alkyl halides is 3. The van der Waals surface area contributed by atoms with Crippen molar-refractivity contribution in [1.82, 2.24) is 9.88 Å². The van der Waals surface area contributed by atoms with Crippen LogP contribution in [-0.4, -0.2) is 41.3 Å². The van der Waals surface area contributed by atoms with Crippen molar-refractivity contribution >= 4 is 5.91 Å². The molecule has 0 unspecified atom stereocenters. The van der Waals surface area contributed by atoms with Crippen molar-refractivity contribution in [3.8, 4) is 11.5 Å². The third-order valence-corrected chi connectivity index (χ3v) is 3.42. The largest absolute Gasteiger partial charge is 0.573 e. The van der Waals surface area contributed by atoms with Crippen LogP contribution in [0.2, 0.25) is 0 Å². The molecule has 1 aromatic heterocycles. The zero-order valence-electron chi connectivity index (χ0n) is 12.4. The summed E-state index contributed by atoms with van der Waals surface area (Å²) in [6, 6.07) is 8.75. The Bertz CT molecular complexity index is 716. The van der Waals surface area contributed by atoms with Crippen molar-refractivity contribution < 1.29 is 27.4 Å². The Morgan fingerprint density at radius 2 is 1.92 bits per heavy atom. The minimum absolute atomic E-state index is 0.130. The fourth-order valence-electron chi connectivity index (χ4n) is 2.32. The predicted octanol–water partition coefficient (Wildman–Crippen LogP) is 2.88. The summed E-state index contributed by atoms with van der Waals surface area (Å²) < 4.78 is 46.8. The second kappa shape index (κ2) is 6.38. The molecule has 3 rings (SSSR count). The molecule has 8 heteroatoms. The van der Waals surface area contributed by atoms with Crippen molar-refractivity contribution in [3.63, 3.8) is 0 Å². The van der Waals surface area contributed by atoms with Gasteiger partial charge in [-0.2, -0.15) is 0 Å². The zero-order valence-corrected chi connectivity index (χ0v) is 12.4. The highest BCUT2D eigenvalue weighted by molar-refractivity contribution is 5.97.